The molecule has 0 unspecified atom stereocenters. The summed E-state index contributed by atoms with van der Waals surface area (Å²) in [6.45, 7) is 0. The number of carboxylic acid groups (broad SMARTS) is 1. The minimum atomic E-state index is -1.43. The van der Waals surface area contributed by atoms with Gasteiger partial charge in [-0.1, -0.05) is 42.5 Å². The Labute approximate surface area is 135 Å². The molecule has 21 heavy (non-hydrogen) atoms. The van der Waals surface area contributed by atoms with E-state index in [1.807, 2.05) is 28.7 Å². The Hall–Kier alpha value is -2.15. The van der Waals surface area contributed by atoms with Crippen LogP contribution in [0.2, 0.25) is 0 Å². The Morgan fingerprint density at radius 1 is 1.00 bits per heavy atom. The summed E-state index contributed by atoms with van der Waals surface area (Å²) >= 11 is 2.02. The Balaban J connectivity index is 2.26. The molecule has 0 fully saturated rings. The summed E-state index contributed by atoms with van der Waals surface area (Å²) in [6.07, 6.45) is 1.36. The number of carboxylic acids is 1. The van der Waals surface area contributed by atoms with E-state index in [1.54, 1.807) is 48.5 Å². The van der Waals surface area contributed by atoms with E-state index < -0.39 is 11.9 Å². The first-order chi connectivity index (χ1) is 10.1. The van der Waals surface area contributed by atoms with Gasteiger partial charge < -0.3 is 15.2 Å². The third kappa shape index (κ3) is 4.16. The van der Waals surface area contributed by atoms with Gasteiger partial charge in [-0.2, -0.15) is 0 Å². The molecule has 2 aromatic rings. The van der Waals surface area contributed by atoms with Crippen LogP contribution in [0, 0.1) is 3.57 Å². The molecule has 5 heteroatoms. The van der Waals surface area contributed by atoms with Crippen molar-refractivity contribution in [1.29, 1.82) is 0 Å². The Morgan fingerprint density at radius 2 is 1.62 bits per heavy atom. The first kappa shape index (κ1) is 15.2. The molecule has 2 aromatic carbocycles. The van der Waals surface area contributed by atoms with E-state index >= 15 is 0 Å². The van der Waals surface area contributed by atoms with Crippen LogP contribution in [0.25, 0.3) is 6.08 Å². The molecule has 4 nitrogen and oxygen atoms in total. The smallest absolute Gasteiger partial charge is 0.256 e. The number of benzene rings is 2. The quantitative estimate of drug-likeness (QED) is 0.638. The zero-order valence-corrected chi connectivity index (χ0v) is 13.0. The highest BCUT2D eigenvalue weighted by molar-refractivity contribution is 14.1. The fourth-order valence-electron chi connectivity index (χ4n) is 1.70. The lowest BCUT2D eigenvalue weighted by atomic mass is 10.1. The fraction of sp³-hybridized carbons (Fsp3) is 0. The zero-order chi connectivity index (χ0) is 15.2. The molecule has 0 atom stereocenters. The third-order valence-corrected chi connectivity index (χ3v) is 3.64. The summed E-state index contributed by atoms with van der Waals surface area (Å²) < 4.78 is 0.741. The molecule has 0 heterocycles. The van der Waals surface area contributed by atoms with E-state index in [2.05, 4.69) is 5.32 Å². The molecule has 0 saturated carbocycles. The summed E-state index contributed by atoms with van der Waals surface area (Å²) in [5, 5.41) is 13.5. The zero-order valence-electron chi connectivity index (χ0n) is 10.9. The van der Waals surface area contributed by atoms with Gasteiger partial charge in [-0.15, -0.1) is 0 Å². The molecule has 1 amide bonds. The van der Waals surface area contributed by atoms with E-state index in [0.717, 1.165) is 3.57 Å². The molecule has 0 radical (unpaired) electrons. The van der Waals surface area contributed by atoms with E-state index in [4.69, 9.17) is 0 Å². The number of hydrogen-bond acceptors (Lipinski definition) is 3. The number of aliphatic carboxylic acids is 1. The van der Waals surface area contributed by atoms with Crippen LogP contribution in [0.15, 0.2) is 60.3 Å². The van der Waals surface area contributed by atoms with Crippen molar-refractivity contribution in [3.63, 3.8) is 0 Å². The Bertz CT molecular complexity index is 696. The summed E-state index contributed by atoms with van der Waals surface area (Å²) in [4.78, 5) is 23.3. The maximum absolute atomic E-state index is 12.1. The van der Waals surface area contributed by atoms with Gasteiger partial charge in [-0.05, 0) is 46.4 Å². The molecular formula is C16H11INO3-. The average molecular weight is 392 g/mol. The summed E-state index contributed by atoms with van der Waals surface area (Å²) in [5.41, 5.74) is 0.809. The van der Waals surface area contributed by atoms with Crippen LogP contribution in [0.4, 0.5) is 0 Å². The summed E-state index contributed by atoms with van der Waals surface area (Å²) in [5.74, 6) is -1.91. The topological polar surface area (TPSA) is 69.2 Å². The minimum Gasteiger partial charge on any atom is -0.543 e. The molecule has 0 saturated heterocycles. The molecule has 106 valence electrons. The van der Waals surface area contributed by atoms with E-state index in [-0.39, 0.29) is 5.70 Å². The predicted molar refractivity (Wildman–Crippen MR) is 86.1 cm³/mol. The lowest BCUT2D eigenvalue weighted by Gasteiger charge is -2.12. The van der Waals surface area contributed by atoms with Crippen LogP contribution >= 0.6 is 22.6 Å². The molecule has 1 N–H and O–H groups in total. The summed E-state index contributed by atoms with van der Waals surface area (Å²) in [7, 11) is 0. The van der Waals surface area contributed by atoms with Crippen LogP contribution in [-0.4, -0.2) is 11.9 Å². The maximum atomic E-state index is 12.1. The number of hydrogen-bond donors (Lipinski definition) is 1. The molecule has 0 aliphatic carbocycles. The van der Waals surface area contributed by atoms with Crippen LogP contribution in [0.3, 0.4) is 0 Å². The normalized spacial score (nSPS) is 11.0. The lowest BCUT2D eigenvalue weighted by Crippen LogP contribution is -2.35. The number of rotatable bonds is 4. The molecule has 0 aromatic heterocycles. The van der Waals surface area contributed by atoms with Crippen molar-refractivity contribution in [2.75, 3.05) is 0 Å². The van der Waals surface area contributed by atoms with Gasteiger partial charge in [-0.3, -0.25) is 4.79 Å². The third-order valence-electron chi connectivity index (χ3n) is 2.70. The van der Waals surface area contributed by atoms with Crippen LogP contribution in [0.5, 0.6) is 0 Å². The molecule has 0 aliphatic heterocycles. The van der Waals surface area contributed by atoms with E-state index in [0.29, 0.717) is 11.1 Å². The van der Waals surface area contributed by atoms with Crippen molar-refractivity contribution in [3.8, 4) is 0 Å². The maximum Gasteiger partial charge on any atom is 0.256 e. The predicted octanol–water partition coefficient (Wildman–Crippen LogP) is 1.81. The Morgan fingerprint density at radius 3 is 2.24 bits per heavy atom. The van der Waals surface area contributed by atoms with Crippen molar-refractivity contribution in [2.24, 2.45) is 0 Å². The highest BCUT2D eigenvalue weighted by Gasteiger charge is 2.11. The van der Waals surface area contributed by atoms with Gasteiger partial charge in [0, 0.05) is 3.57 Å². The second kappa shape index (κ2) is 7.03. The number of amides is 1. The fourth-order valence-corrected chi connectivity index (χ4v) is 2.33. The van der Waals surface area contributed by atoms with Crippen molar-refractivity contribution in [3.05, 3.63) is 75.0 Å². The molecule has 0 bridgehead atoms. The van der Waals surface area contributed by atoms with Gasteiger partial charge in [0.2, 0.25) is 0 Å². The van der Waals surface area contributed by atoms with Gasteiger partial charge >= 0.3 is 0 Å². The van der Waals surface area contributed by atoms with Crippen molar-refractivity contribution in [2.45, 2.75) is 0 Å². The molecule has 2 rings (SSSR count). The molecular weight excluding hydrogens is 381 g/mol. The highest BCUT2D eigenvalue weighted by atomic mass is 127. The highest BCUT2D eigenvalue weighted by Crippen LogP contribution is 2.12. The van der Waals surface area contributed by atoms with Gasteiger partial charge in [0.25, 0.3) is 5.91 Å². The van der Waals surface area contributed by atoms with Crippen molar-refractivity contribution >= 4 is 40.5 Å². The standard InChI is InChI=1S/C16H12INO3/c17-13-9-5-4-8-12(13)15(19)18-14(16(20)21)10-11-6-2-1-3-7-11/h1-10H,(H,18,19)(H,20,21)/p-1/b14-10+. The van der Waals surface area contributed by atoms with E-state index in [1.165, 1.54) is 6.08 Å². The van der Waals surface area contributed by atoms with Crippen molar-refractivity contribution in [1.82, 2.24) is 5.32 Å². The van der Waals surface area contributed by atoms with E-state index in [9.17, 15) is 14.7 Å². The van der Waals surface area contributed by atoms with Crippen LogP contribution < -0.4 is 10.4 Å². The van der Waals surface area contributed by atoms with Gasteiger partial charge in [0.15, 0.2) is 0 Å². The Kier molecular flexibility index (Phi) is 5.10. The van der Waals surface area contributed by atoms with Crippen molar-refractivity contribution < 1.29 is 14.7 Å². The molecule has 0 spiro atoms. The van der Waals surface area contributed by atoms with Gasteiger partial charge in [-0.25, -0.2) is 0 Å². The molecule has 0 aliphatic rings. The average Bonchev–Trinajstić information content (AvgIpc) is 2.48. The van der Waals surface area contributed by atoms with Crippen LogP contribution in [0.1, 0.15) is 15.9 Å². The monoisotopic (exact) mass is 392 g/mol. The number of nitrogens with one attached hydrogen (secondary N) is 1. The second-order valence-electron chi connectivity index (χ2n) is 4.19. The lowest BCUT2D eigenvalue weighted by molar-refractivity contribution is -0.299. The number of halogens is 1. The first-order valence-corrected chi connectivity index (χ1v) is 7.20. The SMILES string of the molecule is O=C([O-])/C(=C\c1ccccc1)NC(=O)c1ccccc1I. The minimum absolute atomic E-state index is 0.272. The van der Waals surface area contributed by atoms with Gasteiger partial charge in [0.1, 0.15) is 0 Å². The number of carbonyl (C=O) groups is 2. The largest absolute Gasteiger partial charge is 0.543 e. The first-order valence-electron chi connectivity index (χ1n) is 6.12. The van der Waals surface area contributed by atoms with Crippen LogP contribution in [-0.2, 0) is 4.79 Å². The second-order valence-corrected chi connectivity index (χ2v) is 5.35. The number of carbonyl (C=O) groups excluding carboxylic acids is 2. The van der Waals surface area contributed by atoms with Gasteiger partial charge in [0.05, 0.1) is 17.2 Å². The summed E-state index contributed by atoms with van der Waals surface area (Å²) in [6, 6.07) is 15.8.